The standard InChI is InChI=1S/C26H37NO5/c1-4-5-6-7-8-9-14-31-25(29)20-15-19(28)16-22-26(20)12-13-27(2)17-18-10-11-21(30-3)24(32-22)23(18)26/h10-11,15,19,22,28H,4-9,12-14,16-17H2,1-3H3/t19-,22-,26+/m0/s1. The van der Waals surface area contributed by atoms with Gasteiger partial charge in [-0.05, 0) is 44.1 Å². The minimum Gasteiger partial charge on any atom is -0.493 e. The van der Waals surface area contributed by atoms with Gasteiger partial charge in [0.1, 0.15) is 6.10 Å². The summed E-state index contributed by atoms with van der Waals surface area (Å²) in [6.07, 6.45) is 8.71. The zero-order chi connectivity index (χ0) is 22.7. The van der Waals surface area contributed by atoms with Gasteiger partial charge in [-0.25, -0.2) is 4.79 Å². The number of aliphatic hydroxyl groups is 1. The van der Waals surface area contributed by atoms with Gasteiger partial charge >= 0.3 is 5.97 Å². The number of aliphatic hydroxyl groups excluding tert-OH is 1. The molecule has 6 heteroatoms. The zero-order valence-electron chi connectivity index (χ0n) is 19.7. The molecule has 0 amide bonds. The molecule has 1 N–H and O–H groups in total. The Morgan fingerprint density at radius 2 is 2.03 bits per heavy atom. The quantitative estimate of drug-likeness (QED) is 0.457. The molecule has 2 heterocycles. The summed E-state index contributed by atoms with van der Waals surface area (Å²) in [5.74, 6) is 1.07. The highest BCUT2D eigenvalue weighted by Crippen LogP contribution is 2.58. The number of hydrogen-bond acceptors (Lipinski definition) is 6. The number of nitrogens with zero attached hydrogens (tertiary/aromatic N) is 1. The Morgan fingerprint density at radius 1 is 1.25 bits per heavy atom. The minimum absolute atomic E-state index is 0.310. The lowest BCUT2D eigenvalue weighted by molar-refractivity contribution is -0.141. The summed E-state index contributed by atoms with van der Waals surface area (Å²) in [6.45, 7) is 4.23. The average Bonchev–Trinajstić information content (AvgIpc) is 3.03. The lowest BCUT2D eigenvalue weighted by atomic mass is 9.64. The van der Waals surface area contributed by atoms with Crippen molar-refractivity contribution in [2.45, 2.75) is 82.5 Å². The van der Waals surface area contributed by atoms with Crippen molar-refractivity contribution in [1.82, 2.24) is 4.90 Å². The van der Waals surface area contributed by atoms with E-state index in [1.54, 1.807) is 13.2 Å². The maximum absolute atomic E-state index is 13.4. The van der Waals surface area contributed by atoms with Crippen LogP contribution < -0.4 is 9.47 Å². The van der Waals surface area contributed by atoms with Crippen LogP contribution in [0.4, 0.5) is 0 Å². The predicted molar refractivity (Wildman–Crippen MR) is 123 cm³/mol. The second kappa shape index (κ2) is 9.84. The SMILES string of the molecule is CCCCCCCCOC(=O)C1=C[C@H](O)C[C@@H]2Oc3c(OC)ccc4c3[C@]12CCN(C)C4. The van der Waals surface area contributed by atoms with Crippen molar-refractivity contribution in [2.24, 2.45) is 0 Å². The average molecular weight is 444 g/mol. The molecule has 32 heavy (non-hydrogen) atoms. The van der Waals surface area contributed by atoms with Crippen LogP contribution in [0.25, 0.3) is 0 Å². The van der Waals surface area contributed by atoms with E-state index < -0.39 is 11.5 Å². The highest BCUT2D eigenvalue weighted by Gasteiger charge is 2.58. The van der Waals surface area contributed by atoms with Gasteiger partial charge in [0.15, 0.2) is 11.5 Å². The summed E-state index contributed by atoms with van der Waals surface area (Å²) in [5, 5.41) is 10.6. The third kappa shape index (κ3) is 4.15. The van der Waals surface area contributed by atoms with Gasteiger partial charge in [0.2, 0.25) is 0 Å². The Bertz CT molecular complexity index is 866. The number of hydrogen-bond donors (Lipinski definition) is 1. The molecule has 0 radical (unpaired) electrons. The number of methoxy groups -OCH3 is 1. The fourth-order valence-corrected chi connectivity index (χ4v) is 5.63. The van der Waals surface area contributed by atoms with E-state index >= 15 is 0 Å². The van der Waals surface area contributed by atoms with Crippen molar-refractivity contribution in [3.8, 4) is 11.5 Å². The monoisotopic (exact) mass is 443 g/mol. The van der Waals surface area contributed by atoms with E-state index in [0.717, 1.165) is 43.5 Å². The van der Waals surface area contributed by atoms with E-state index in [1.165, 1.54) is 25.7 Å². The first-order chi connectivity index (χ1) is 15.5. The van der Waals surface area contributed by atoms with Crippen LogP contribution in [-0.4, -0.2) is 55.5 Å². The third-order valence-electron chi connectivity index (χ3n) is 7.26. The molecule has 3 atom stereocenters. The number of carbonyl (C=O) groups is 1. The van der Waals surface area contributed by atoms with E-state index in [1.807, 2.05) is 6.07 Å². The van der Waals surface area contributed by atoms with Gasteiger partial charge in [0.25, 0.3) is 0 Å². The highest BCUT2D eigenvalue weighted by atomic mass is 16.5. The molecule has 176 valence electrons. The molecule has 0 bridgehead atoms. The molecule has 3 aliphatic rings. The van der Waals surface area contributed by atoms with Crippen molar-refractivity contribution in [3.05, 3.63) is 34.9 Å². The van der Waals surface area contributed by atoms with Crippen LogP contribution >= 0.6 is 0 Å². The van der Waals surface area contributed by atoms with Gasteiger partial charge < -0.3 is 24.2 Å². The first-order valence-electron chi connectivity index (χ1n) is 12.1. The summed E-state index contributed by atoms with van der Waals surface area (Å²) in [6, 6.07) is 4.02. The molecule has 4 rings (SSSR count). The van der Waals surface area contributed by atoms with E-state index in [-0.39, 0.29) is 12.1 Å². The molecule has 0 unspecified atom stereocenters. The smallest absolute Gasteiger partial charge is 0.334 e. The maximum Gasteiger partial charge on any atom is 0.334 e. The summed E-state index contributed by atoms with van der Waals surface area (Å²) >= 11 is 0. The Kier molecular flexibility index (Phi) is 7.11. The zero-order valence-corrected chi connectivity index (χ0v) is 19.7. The molecule has 0 saturated carbocycles. The third-order valence-corrected chi connectivity index (χ3v) is 7.26. The van der Waals surface area contributed by atoms with Crippen molar-refractivity contribution in [3.63, 3.8) is 0 Å². The first kappa shape index (κ1) is 23.1. The number of benzene rings is 1. The van der Waals surface area contributed by atoms with E-state index in [2.05, 4.69) is 24.9 Å². The lowest BCUT2D eigenvalue weighted by Gasteiger charge is -2.39. The van der Waals surface area contributed by atoms with Crippen LogP contribution in [0.5, 0.6) is 11.5 Å². The minimum atomic E-state index is -0.730. The number of esters is 1. The normalized spacial score (nSPS) is 26.4. The fraction of sp³-hybridized carbons (Fsp3) is 0.654. The molecular weight excluding hydrogens is 406 g/mol. The summed E-state index contributed by atoms with van der Waals surface area (Å²) in [7, 11) is 3.74. The van der Waals surface area contributed by atoms with Crippen LogP contribution in [0.1, 0.15) is 69.4 Å². The molecule has 1 spiro atoms. The second-order valence-electron chi connectivity index (χ2n) is 9.48. The van der Waals surface area contributed by atoms with Crippen LogP contribution in [0.15, 0.2) is 23.8 Å². The molecule has 1 aliphatic carbocycles. The molecule has 1 aromatic rings. The van der Waals surface area contributed by atoms with Crippen LogP contribution in [0, 0.1) is 0 Å². The molecule has 2 aliphatic heterocycles. The van der Waals surface area contributed by atoms with E-state index in [9.17, 15) is 9.90 Å². The Balaban J connectivity index is 1.61. The summed E-state index contributed by atoms with van der Waals surface area (Å²) < 4.78 is 17.8. The Morgan fingerprint density at radius 3 is 2.81 bits per heavy atom. The lowest BCUT2D eigenvalue weighted by Crippen LogP contribution is -2.48. The molecule has 0 aromatic heterocycles. The number of carbonyl (C=O) groups excluding carboxylic acids is 1. The van der Waals surface area contributed by atoms with Gasteiger partial charge in [-0.15, -0.1) is 0 Å². The molecular formula is C26H37NO5. The van der Waals surface area contributed by atoms with E-state index in [4.69, 9.17) is 14.2 Å². The largest absolute Gasteiger partial charge is 0.493 e. The number of rotatable bonds is 9. The molecule has 0 saturated heterocycles. The van der Waals surface area contributed by atoms with Gasteiger partial charge in [0.05, 0.1) is 30.8 Å². The van der Waals surface area contributed by atoms with Gasteiger partial charge in [-0.3, -0.25) is 0 Å². The van der Waals surface area contributed by atoms with Crippen LogP contribution in [-0.2, 0) is 21.5 Å². The first-order valence-corrected chi connectivity index (χ1v) is 12.1. The molecule has 0 fully saturated rings. The van der Waals surface area contributed by atoms with Crippen molar-refractivity contribution >= 4 is 5.97 Å². The number of unbranched alkanes of at least 4 members (excludes halogenated alkanes) is 5. The van der Waals surface area contributed by atoms with Crippen LogP contribution in [0.3, 0.4) is 0 Å². The van der Waals surface area contributed by atoms with Gasteiger partial charge in [-0.2, -0.15) is 0 Å². The topological polar surface area (TPSA) is 68.2 Å². The van der Waals surface area contributed by atoms with E-state index in [0.29, 0.717) is 30.1 Å². The van der Waals surface area contributed by atoms with Gasteiger partial charge in [-0.1, -0.05) is 45.1 Å². The van der Waals surface area contributed by atoms with Crippen molar-refractivity contribution in [1.29, 1.82) is 0 Å². The second-order valence-corrected chi connectivity index (χ2v) is 9.48. The molecule has 1 aromatic carbocycles. The predicted octanol–water partition coefficient (Wildman–Crippen LogP) is 4.12. The Labute approximate surface area is 191 Å². The van der Waals surface area contributed by atoms with Crippen molar-refractivity contribution < 1.29 is 24.1 Å². The summed E-state index contributed by atoms with van der Waals surface area (Å²) in [5.41, 5.74) is 2.13. The van der Waals surface area contributed by atoms with Gasteiger partial charge in [0, 0.05) is 18.5 Å². The number of ether oxygens (including phenoxy) is 3. The molecule has 6 nitrogen and oxygen atoms in total. The maximum atomic E-state index is 13.4. The summed E-state index contributed by atoms with van der Waals surface area (Å²) in [4.78, 5) is 15.7. The van der Waals surface area contributed by atoms with Crippen LogP contribution in [0.2, 0.25) is 0 Å². The Hall–Kier alpha value is -2.05. The highest BCUT2D eigenvalue weighted by molar-refractivity contribution is 5.93. The van der Waals surface area contributed by atoms with Crippen molar-refractivity contribution in [2.75, 3.05) is 27.3 Å². The fourth-order valence-electron chi connectivity index (χ4n) is 5.63.